The first-order chi connectivity index (χ1) is 11.0. The van der Waals surface area contributed by atoms with E-state index in [-0.39, 0.29) is 22.5 Å². The fourth-order valence-electron chi connectivity index (χ4n) is 2.23. The van der Waals surface area contributed by atoms with Crippen molar-refractivity contribution in [3.8, 4) is 0 Å². The smallest absolute Gasteiger partial charge is 0.329 e. The summed E-state index contributed by atoms with van der Waals surface area (Å²) < 4.78 is 31.9. The minimum atomic E-state index is -3.95. The zero-order valence-corrected chi connectivity index (χ0v) is 12.6. The van der Waals surface area contributed by atoms with E-state index in [9.17, 15) is 18.5 Å². The number of nitrogens with one attached hydrogen (secondary N) is 2. The summed E-state index contributed by atoms with van der Waals surface area (Å²) >= 11 is 0. The van der Waals surface area contributed by atoms with Gasteiger partial charge in [0, 0.05) is 18.7 Å². The van der Waals surface area contributed by atoms with Gasteiger partial charge in [0.05, 0.1) is 15.7 Å². The predicted octanol–water partition coefficient (Wildman–Crippen LogP) is 0.855. The molecule has 1 aromatic heterocycles. The number of aromatic nitrogens is 2. The number of nitro benzene ring substituents is 1. The third kappa shape index (κ3) is 3.29. The summed E-state index contributed by atoms with van der Waals surface area (Å²) in [5.41, 5.74) is -0.197. The Balaban J connectivity index is 1.76. The van der Waals surface area contributed by atoms with Crippen LogP contribution >= 0.6 is 0 Å². The lowest BCUT2D eigenvalue weighted by Crippen LogP contribution is -2.13. The maximum Gasteiger partial charge on any atom is 0.329 e. The van der Waals surface area contributed by atoms with Crippen LogP contribution in [-0.2, 0) is 10.0 Å². The van der Waals surface area contributed by atoms with Crippen LogP contribution in [-0.4, -0.2) is 36.6 Å². The quantitative estimate of drug-likeness (QED) is 0.603. The largest absolute Gasteiger partial charge is 0.407 e. The molecular formula is C12H13N5O5S. The number of non-ortho nitro benzene ring substituents is 1. The molecule has 0 aliphatic carbocycles. The highest BCUT2D eigenvalue weighted by atomic mass is 32.2. The van der Waals surface area contributed by atoms with Crippen molar-refractivity contribution in [2.24, 2.45) is 0 Å². The molecule has 11 heteroatoms. The monoisotopic (exact) mass is 339 g/mol. The van der Waals surface area contributed by atoms with Gasteiger partial charge < -0.3 is 9.73 Å². The van der Waals surface area contributed by atoms with Crippen LogP contribution < -0.4 is 10.0 Å². The van der Waals surface area contributed by atoms with Gasteiger partial charge in [-0.1, -0.05) is 5.10 Å². The molecule has 23 heavy (non-hydrogen) atoms. The topological polar surface area (TPSA) is 140 Å². The van der Waals surface area contributed by atoms with Crippen LogP contribution in [0.15, 0.2) is 33.6 Å². The highest BCUT2D eigenvalue weighted by Gasteiger charge is 2.24. The molecule has 1 unspecified atom stereocenters. The minimum absolute atomic E-state index is 0.0696. The lowest BCUT2D eigenvalue weighted by Gasteiger charge is -2.04. The Kier molecular flexibility index (Phi) is 3.96. The molecule has 2 N–H and O–H groups in total. The lowest BCUT2D eigenvalue weighted by molar-refractivity contribution is -0.384. The van der Waals surface area contributed by atoms with Gasteiger partial charge in [-0.25, -0.2) is 13.1 Å². The molecule has 0 spiro atoms. The van der Waals surface area contributed by atoms with E-state index in [2.05, 4.69) is 20.2 Å². The van der Waals surface area contributed by atoms with Crippen LogP contribution in [0.4, 0.5) is 11.7 Å². The third-order valence-corrected chi connectivity index (χ3v) is 4.77. The fourth-order valence-corrected chi connectivity index (χ4v) is 3.15. The summed E-state index contributed by atoms with van der Waals surface area (Å²) in [4.78, 5) is 9.84. The maximum atomic E-state index is 12.2. The summed E-state index contributed by atoms with van der Waals surface area (Å²) in [6.45, 7) is 1.55. The van der Waals surface area contributed by atoms with Gasteiger partial charge in [0.1, 0.15) is 0 Å². The van der Waals surface area contributed by atoms with Gasteiger partial charge >= 0.3 is 6.01 Å². The van der Waals surface area contributed by atoms with Gasteiger partial charge in [0.15, 0.2) is 0 Å². The van der Waals surface area contributed by atoms with E-state index >= 15 is 0 Å². The fraction of sp³-hybridized carbons (Fsp3) is 0.333. The number of nitro groups is 1. The highest BCUT2D eigenvalue weighted by Crippen LogP contribution is 2.24. The highest BCUT2D eigenvalue weighted by molar-refractivity contribution is 7.92. The second-order valence-electron chi connectivity index (χ2n) is 4.99. The molecule has 0 radical (unpaired) electrons. The molecule has 1 aliphatic heterocycles. The van der Waals surface area contributed by atoms with Gasteiger partial charge in [-0.2, -0.15) is 0 Å². The Hall–Kier alpha value is -2.53. The molecule has 0 bridgehead atoms. The number of hydrogen-bond donors (Lipinski definition) is 2. The Labute approximate surface area is 131 Å². The van der Waals surface area contributed by atoms with Gasteiger partial charge in [-0.3, -0.25) is 10.1 Å². The van der Waals surface area contributed by atoms with Crippen LogP contribution in [0.5, 0.6) is 0 Å². The summed E-state index contributed by atoms with van der Waals surface area (Å²) in [6.07, 6.45) is 0.844. The molecule has 3 rings (SSSR count). The molecule has 1 aromatic carbocycles. The van der Waals surface area contributed by atoms with Crippen molar-refractivity contribution in [1.29, 1.82) is 0 Å². The molecule has 1 fully saturated rings. The van der Waals surface area contributed by atoms with Crippen LogP contribution in [0.25, 0.3) is 0 Å². The lowest BCUT2D eigenvalue weighted by atomic mass is 10.1. The summed E-state index contributed by atoms with van der Waals surface area (Å²) in [6, 6.07) is 4.26. The molecule has 2 heterocycles. The zero-order valence-electron chi connectivity index (χ0n) is 11.8. The summed E-state index contributed by atoms with van der Waals surface area (Å²) in [7, 11) is -3.95. The van der Waals surface area contributed by atoms with E-state index in [1.54, 1.807) is 0 Å². The van der Waals surface area contributed by atoms with Crippen molar-refractivity contribution >= 4 is 21.7 Å². The Morgan fingerprint density at radius 3 is 2.65 bits per heavy atom. The van der Waals surface area contributed by atoms with E-state index in [0.717, 1.165) is 37.2 Å². The van der Waals surface area contributed by atoms with E-state index in [0.29, 0.717) is 12.4 Å². The first-order valence-corrected chi connectivity index (χ1v) is 8.25. The van der Waals surface area contributed by atoms with E-state index in [1.165, 1.54) is 0 Å². The maximum absolute atomic E-state index is 12.2. The average molecular weight is 339 g/mol. The van der Waals surface area contributed by atoms with Gasteiger partial charge in [0.2, 0.25) is 5.89 Å². The van der Waals surface area contributed by atoms with Gasteiger partial charge in [-0.15, -0.1) is 5.10 Å². The van der Waals surface area contributed by atoms with Crippen LogP contribution in [0.2, 0.25) is 0 Å². The second kappa shape index (κ2) is 5.93. The van der Waals surface area contributed by atoms with Crippen molar-refractivity contribution in [2.45, 2.75) is 17.2 Å². The van der Waals surface area contributed by atoms with Crippen molar-refractivity contribution in [3.63, 3.8) is 0 Å². The minimum Gasteiger partial charge on any atom is -0.407 e. The molecule has 0 saturated carbocycles. The Morgan fingerprint density at radius 1 is 1.30 bits per heavy atom. The summed E-state index contributed by atoms with van der Waals surface area (Å²) in [5.74, 6) is 0.441. The van der Waals surface area contributed by atoms with Crippen LogP contribution in [0.3, 0.4) is 0 Å². The number of sulfonamides is 1. The molecule has 2 aromatic rings. The first kappa shape index (κ1) is 15.4. The number of nitrogens with zero attached hydrogens (tertiary/aromatic N) is 3. The molecule has 1 saturated heterocycles. The molecule has 1 atom stereocenters. The Morgan fingerprint density at radius 2 is 2.04 bits per heavy atom. The average Bonchev–Trinajstić information content (AvgIpc) is 3.18. The first-order valence-electron chi connectivity index (χ1n) is 6.77. The number of rotatable bonds is 5. The molecular weight excluding hydrogens is 326 g/mol. The van der Waals surface area contributed by atoms with Crippen LogP contribution in [0.1, 0.15) is 18.2 Å². The van der Waals surface area contributed by atoms with Crippen molar-refractivity contribution < 1.29 is 17.8 Å². The molecule has 1 aliphatic rings. The standard InChI is InChI=1S/C12H13N5O5S/c18-17(19)9-1-3-10(4-2-9)23(20,21)16-12-15-14-11(22-12)8-5-6-13-7-8/h1-4,8,13H,5-7H2,(H,15,16). The normalized spacial score (nSPS) is 18.0. The van der Waals surface area contributed by atoms with Crippen molar-refractivity contribution in [3.05, 3.63) is 40.3 Å². The number of hydrogen-bond acceptors (Lipinski definition) is 8. The number of benzene rings is 1. The van der Waals surface area contributed by atoms with E-state index in [4.69, 9.17) is 4.42 Å². The Bertz CT molecular complexity index is 811. The number of anilines is 1. The predicted molar refractivity (Wildman–Crippen MR) is 78.4 cm³/mol. The zero-order chi connectivity index (χ0) is 16.4. The van der Waals surface area contributed by atoms with Crippen molar-refractivity contribution in [2.75, 3.05) is 17.8 Å². The molecule has 122 valence electrons. The van der Waals surface area contributed by atoms with Gasteiger partial charge in [0.25, 0.3) is 15.7 Å². The SMILES string of the molecule is O=[N+]([O-])c1ccc(S(=O)(=O)Nc2nnc(C3CCNC3)o2)cc1. The van der Waals surface area contributed by atoms with E-state index < -0.39 is 14.9 Å². The molecule has 10 nitrogen and oxygen atoms in total. The molecule has 0 amide bonds. The van der Waals surface area contributed by atoms with E-state index in [1.807, 2.05) is 0 Å². The third-order valence-electron chi connectivity index (χ3n) is 3.43. The van der Waals surface area contributed by atoms with Crippen LogP contribution in [0, 0.1) is 10.1 Å². The summed E-state index contributed by atoms with van der Waals surface area (Å²) in [5, 5.41) is 21.2. The second-order valence-corrected chi connectivity index (χ2v) is 6.67. The van der Waals surface area contributed by atoms with Gasteiger partial charge in [-0.05, 0) is 25.1 Å². The van der Waals surface area contributed by atoms with Crippen molar-refractivity contribution in [1.82, 2.24) is 15.5 Å².